The lowest BCUT2D eigenvalue weighted by Crippen LogP contribution is -2.59. The van der Waals surface area contributed by atoms with Crippen LogP contribution in [0.2, 0.25) is 0 Å². The molecule has 3 aromatic rings. The van der Waals surface area contributed by atoms with Gasteiger partial charge in [-0.05, 0) is 88.6 Å². The third-order valence-electron chi connectivity index (χ3n) is 7.73. The first kappa shape index (κ1) is 18.4. The minimum absolute atomic E-state index is 0.0278. The topological polar surface area (TPSA) is 95.0 Å². The predicted octanol–water partition coefficient (Wildman–Crippen LogP) is 3.00. The molecule has 4 fully saturated rings. The second-order valence-electron chi connectivity index (χ2n) is 9.71. The number of nitrogens with zero attached hydrogens (tertiary/aromatic N) is 8. The van der Waals surface area contributed by atoms with Crippen molar-refractivity contribution in [3.63, 3.8) is 0 Å². The van der Waals surface area contributed by atoms with Crippen molar-refractivity contribution in [1.82, 2.24) is 44.8 Å². The van der Waals surface area contributed by atoms with E-state index < -0.39 is 0 Å². The summed E-state index contributed by atoms with van der Waals surface area (Å²) in [5, 5.41) is 25.8. The molecule has 30 heavy (non-hydrogen) atoms. The fraction of sp³-hybridized carbons (Fsp3) is 0.700. The first-order valence-electron chi connectivity index (χ1n) is 10.9. The van der Waals surface area contributed by atoms with E-state index in [-0.39, 0.29) is 11.0 Å². The molecule has 0 saturated heterocycles. The maximum atomic E-state index is 5.71. The number of rotatable bonds is 4. The third kappa shape index (κ3) is 2.39. The number of aromatic nitrogens is 9. The molecule has 4 aliphatic carbocycles. The van der Waals surface area contributed by atoms with Crippen LogP contribution in [0.15, 0.2) is 6.20 Å². The average Bonchev–Trinajstić information content (AvgIpc) is 3.39. The molecule has 0 aliphatic heterocycles. The van der Waals surface area contributed by atoms with Gasteiger partial charge in [0.1, 0.15) is 5.82 Å². The Morgan fingerprint density at radius 2 is 1.97 bits per heavy atom. The van der Waals surface area contributed by atoms with Crippen LogP contribution >= 0.6 is 12.2 Å². The smallest absolute Gasteiger partial charge is 0.200 e. The summed E-state index contributed by atoms with van der Waals surface area (Å²) in [7, 11) is 0. The van der Waals surface area contributed by atoms with Crippen LogP contribution in [0.25, 0.3) is 5.69 Å². The molecule has 4 bridgehead atoms. The summed E-state index contributed by atoms with van der Waals surface area (Å²) in [6, 6.07) is 0. The molecular weight excluding hydrogens is 398 g/mol. The van der Waals surface area contributed by atoms with Crippen LogP contribution in [0.1, 0.15) is 62.8 Å². The van der Waals surface area contributed by atoms with E-state index in [0.29, 0.717) is 16.6 Å². The van der Waals surface area contributed by atoms with E-state index in [1.807, 2.05) is 22.6 Å². The van der Waals surface area contributed by atoms with E-state index >= 15 is 0 Å². The quantitative estimate of drug-likeness (QED) is 0.646. The Balaban J connectivity index is 1.50. The molecule has 10 heteroatoms. The van der Waals surface area contributed by atoms with Gasteiger partial charge in [0.05, 0.1) is 23.1 Å². The van der Waals surface area contributed by atoms with Gasteiger partial charge in [-0.3, -0.25) is 14.3 Å². The molecule has 0 spiro atoms. The lowest BCUT2D eigenvalue weighted by Gasteiger charge is -2.60. The lowest BCUT2D eigenvalue weighted by molar-refractivity contribution is -0.0792. The molecule has 1 N–H and O–H groups in total. The molecule has 3 aromatic heterocycles. The minimum atomic E-state index is -0.0631. The molecule has 0 amide bonds. The summed E-state index contributed by atoms with van der Waals surface area (Å²) in [5.41, 5.74) is 2.06. The van der Waals surface area contributed by atoms with Crippen LogP contribution in [0.3, 0.4) is 0 Å². The van der Waals surface area contributed by atoms with Gasteiger partial charge < -0.3 is 0 Å². The highest BCUT2D eigenvalue weighted by molar-refractivity contribution is 7.71. The summed E-state index contributed by atoms with van der Waals surface area (Å²) in [4.78, 5) is 1.93. The Labute approximate surface area is 179 Å². The summed E-state index contributed by atoms with van der Waals surface area (Å²) >= 11 is 5.71. The molecular formula is C20H27N9S. The predicted molar refractivity (Wildman–Crippen MR) is 112 cm³/mol. The zero-order chi connectivity index (χ0) is 20.7. The van der Waals surface area contributed by atoms with Crippen LogP contribution in [-0.4, -0.2) is 44.8 Å². The molecule has 0 radical (unpaired) electrons. The first-order chi connectivity index (χ1) is 14.4. The van der Waals surface area contributed by atoms with Crippen molar-refractivity contribution < 1.29 is 0 Å². The Morgan fingerprint density at radius 1 is 1.20 bits per heavy atom. The number of aromatic amines is 1. The van der Waals surface area contributed by atoms with E-state index in [4.69, 9.17) is 17.3 Å². The molecule has 9 nitrogen and oxygen atoms in total. The molecule has 3 heterocycles. The van der Waals surface area contributed by atoms with Crippen molar-refractivity contribution in [3.8, 4) is 5.69 Å². The van der Waals surface area contributed by atoms with E-state index in [0.717, 1.165) is 61.7 Å². The zero-order valence-corrected chi connectivity index (χ0v) is 18.5. The molecule has 2 atom stereocenters. The Kier molecular flexibility index (Phi) is 3.74. The van der Waals surface area contributed by atoms with Crippen LogP contribution in [-0.2, 0) is 17.5 Å². The lowest BCUT2D eigenvalue weighted by atomic mass is 9.46. The first-order valence-corrected chi connectivity index (χ1v) is 11.3. The van der Waals surface area contributed by atoms with Gasteiger partial charge in [0.2, 0.25) is 0 Å². The molecule has 4 saturated carbocycles. The monoisotopic (exact) mass is 425 g/mol. The average molecular weight is 426 g/mol. The maximum Gasteiger partial charge on any atom is 0.200 e. The van der Waals surface area contributed by atoms with Crippen molar-refractivity contribution >= 4 is 12.2 Å². The van der Waals surface area contributed by atoms with Gasteiger partial charge in [-0.15, -0.1) is 10.2 Å². The molecule has 4 aliphatic rings. The van der Waals surface area contributed by atoms with Crippen molar-refractivity contribution in [2.75, 3.05) is 0 Å². The summed E-state index contributed by atoms with van der Waals surface area (Å²) in [6.45, 7) is 6.96. The van der Waals surface area contributed by atoms with Gasteiger partial charge in [-0.2, -0.15) is 15.0 Å². The summed E-state index contributed by atoms with van der Waals surface area (Å²) < 4.78 is 4.80. The molecule has 0 unspecified atom stereocenters. The molecule has 0 aromatic carbocycles. The van der Waals surface area contributed by atoms with E-state index in [2.05, 4.69) is 44.0 Å². The van der Waals surface area contributed by atoms with Gasteiger partial charge in [-0.1, -0.05) is 0 Å². The van der Waals surface area contributed by atoms with E-state index in [1.54, 1.807) is 0 Å². The third-order valence-corrected chi connectivity index (χ3v) is 8.01. The number of nitrogens with one attached hydrogen (secondary N) is 1. The summed E-state index contributed by atoms with van der Waals surface area (Å²) in [6.07, 6.45) is 8.79. The van der Waals surface area contributed by atoms with Crippen LogP contribution < -0.4 is 0 Å². The SMILES string of the molecule is CCn1ncc(-n2c(C34C[C@@H]5C[C@@H](C3)CC(n3nnc(C)n3)(C5)C4)n[nH]c2=S)c1C. The van der Waals surface area contributed by atoms with Gasteiger partial charge in [0.15, 0.2) is 10.6 Å². The van der Waals surface area contributed by atoms with Gasteiger partial charge in [0.25, 0.3) is 0 Å². The van der Waals surface area contributed by atoms with Crippen molar-refractivity contribution in [1.29, 1.82) is 0 Å². The number of H-pyrrole nitrogens is 1. The highest BCUT2D eigenvalue weighted by Crippen LogP contribution is 2.64. The van der Waals surface area contributed by atoms with Crippen molar-refractivity contribution in [2.24, 2.45) is 11.8 Å². The number of hydrogen-bond acceptors (Lipinski definition) is 6. The normalized spacial score (nSPS) is 32.2. The summed E-state index contributed by atoms with van der Waals surface area (Å²) in [5.74, 6) is 3.12. The fourth-order valence-electron chi connectivity index (χ4n) is 7.05. The zero-order valence-electron chi connectivity index (χ0n) is 17.7. The van der Waals surface area contributed by atoms with Gasteiger partial charge in [-0.25, -0.2) is 0 Å². The second kappa shape index (κ2) is 6.09. The highest BCUT2D eigenvalue weighted by atomic mass is 32.1. The van der Waals surface area contributed by atoms with Crippen molar-refractivity contribution in [3.05, 3.63) is 28.3 Å². The Bertz CT molecular complexity index is 1170. The van der Waals surface area contributed by atoms with E-state index in [9.17, 15) is 0 Å². The number of hydrogen-bond donors (Lipinski definition) is 1. The number of aryl methyl sites for hydroxylation is 2. The van der Waals surface area contributed by atoms with Gasteiger partial charge >= 0.3 is 0 Å². The fourth-order valence-corrected chi connectivity index (χ4v) is 7.28. The van der Waals surface area contributed by atoms with Gasteiger partial charge in [0, 0.05) is 12.0 Å². The standard InChI is InChI=1S/C20H27N9S/c1-4-27-12(2)16(10-21-27)28-17(23-24-18(28)30)19-6-14-5-15(7-19)9-20(8-14,11-19)29-25-13(3)22-26-29/h10,14-15H,4-9,11H2,1-3H3,(H,24,30)/t14-,15-,19?,20?/m0/s1. The molecule has 7 rings (SSSR count). The maximum absolute atomic E-state index is 5.71. The molecule has 158 valence electrons. The van der Waals surface area contributed by atoms with Crippen LogP contribution in [0.5, 0.6) is 0 Å². The Morgan fingerprint density at radius 3 is 2.60 bits per heavy atom. The largest absolute Gasteiger partial charge is 0.268 e. The minimum Gasteiger partial charge on any atom is -0.268 e. The van der Waals surface area contributed by atoms with Crippen LogP contribution in [0, 0.1) is 30.5 Å². The van der Waals surface area contributed by atoms with Crippen molar-refractivity contribution in [2.45, 2.75) is 76.8 Å². The number of tetrazole rings is 1. The second-order valence-corrected chi connectivity index (χ2v) is 10.1. The van der Waals surface area contributed by atoms with E-state index in [1.165, 1.54) is 6.42 Å². The van der Waals surface area contributed by atoms with Crippen LogP contribution in [0.4, 0.5) is 0 Å². The highest BCUT2D eigenvalue weighted by Gasteiger charge is 2.61. The Hall–Kier alpha value is -2.36.